The van der Waals surface area contributed by atoms with Gasteiger partial charge in [0.05, 0.1) is 13.2 Å². The Balaban J connectivity index is 3.17. The van der Waals surface area contributed by atoms with E-state index in [0.29, 0.717) is 13.2 Å². The normalized spacial score (nSPS) is 11.2. The van der Waals surface area contributed by atoms with Gasteiger partial charge < -0.3 is 9.47 Å². The quantitative estimate of drug-likeness (QED) is 0.592. The zero-order valence-electron chi connectivity index (χ0n) is 14.4. The fourth-order valence-electron chi connectivity index (χ4n) is 2.41. The van der Waals surface area contributed by atoms with Gasteiger partial charge in [0.1, 0.15) is 0 Å². The largest absolute Gasteiger partial charge is 0.463 e. The Hall–Kier alpha value is -2.36. The molecular formula is C19H24O4. The number of hydrogen-bond donors (Lipinski definition) is 0. The average Bonchev–Trinajstić information content (AvgIpc) is 2.47. The second-order valence-corrected chi connectivity index (χ2v) is 5.13. The van der Waals surface area contributed by atoms with Crippen molar-refractivity contribution in [2.24, 2.45) is 0 Å². The van der Waals surface area contributed by atoms with Crippen molar-refractivity contribution >= 4 is 24.1 Å². The third kappa shape index (κ3) is 5.40. The molecule has 0 heterocycles. The van der Waals surface area contributed by atoms with Crippen molar-refractivity contribution in [3.05, 3.63) is 46.0 Å². The molecule has 0 saturated heterocycles. The lowest BCUT2D eigenvalue weighted by Crippen LogP contribution is -2.01. The molecule has 1 aromatic rings. The van der Waals surface area contributed by atoms with E-state index < -0.39 is 0 Å². The molecule has 1 aromatic carbocycles. The summed E-state index contributed by atoms with van der Waals surface area (Å²) in [6.45, 7) is 10.2. The van der Waals surface area contributed by atoms with Crippen LogP contribution in [0.4, 0.5) is 0 Å². The van der Waals surface area contributed by atoms with Gasteiger partial charge in [-0.2, -0.15) is 0 Å². The van der Waals surface area contributed by atoms with Gasteiger partial charge in [-0.25, -0.2) is 9.59 Å². The molecule has 0 saturated carbocycles. The lowest BCUT2D eigenvalue weighted by molar-refractivity contribution is -0.138. The molecule has 0 aliphatic carbocycles. The summed E-state index contributed by atoms with van der Waals surface area (Å²) in [6.07, 6.45) is 6.35. The molecule has 0 bridgehead atoms. The second-order valence-electron chi connectivity index (χ2n) is 5.13. The van der Waals surface area contributed by atoms with E-state index in [1.54, 1.807) is 26.0 Å². The summed E-state index contributed by atoms with van der Waals surface area (Å²) in [4.78, 5) is 23.0. The molecule has 0 aliphatic rings. The molecule has 0 atom stereocenters. The highest BCUT2D eigenvalue weighted by molar-refractivity contribution is 5.89. The molecular weight excluding hydrogens is 292 g/mol. The second kappa shape index (κ2) is 8.93. The van der Waals surface area contributed by atoms with Gasteiger partial charge in [-0.1, -0.05) is 6.07 Å². The van der Waals surface area contributed by atoms with Gasteiger partial charge in [0.2, 0.25) is 0 Å². The summed E-state index contributed by atoms with van der Waals surface area (Å²) < 4.78 is 9.80. The Morgan fingerprint density at radius 3 is 1.61 bits per heavy atom. The zero-order valence-corrected chi connectivity index (χ0v) is 14.4. The van der Waals surface area contributed by atoms with Crippen LogP contribution in [0, 0.1) is 20.8 Å². The molecule has 0 aliphatic heterocycles. The van der Waals surface area contributed by atoms with Crippen LogP contribution in [0.15, 0.2) is 18.2 Å². The van der Waals surface area contributed by atoms with Gasteiger partial charge in [0.15, 0.2) is 0 Å². The maximum absolute atomic E-state index is 11.5. The number of aryl methyl sites for hydroxylation is 2. The smallest absolute Gasteiger partial charge is 0.330 e. The van der Waals surface area contributed by atoms with Crippen molar-refractivity contribution in [3.63, 3.8) is 0 Å². The van der Waals surface area contributed by atoms with E-state index in [1.807, 2.05) is 26.8 Å². The van der Waals surface area contributed by atoms with Gasteiger partial charge in [0.25, 0.3) is 0 Å². The summed E-state index contributed by atoms with van der Waals surface area (Å²) in [5.41, 5.74) is 5.03. The van der Waals surface area contributed by atoms with Crippen LogP contribution >= 0.6 is 0 Å². The molecule has 0 amide bonds. The Kier molecular flexibility index (Phi) is 7.26. The van der Waals surface area contributed by atoms with Crippen LogP contribution in [-0.4, -0.2) is 25.2 Å². The number of rotatable bonds is 6. The van der Waals surface area contributed by atoms with Crippen molar-refractivity contribution < 1.29 is 19.1 Å². The lowest BCUT2D eigenvalue weighted by Gasteiger charge is -2.12. The molecule has 0 fully saturated rings. The molecule has 124 valence electrons. The van der Waals surface area contributed by atoms with Crippen molar-refractivity contribution in [2.45, 2.75) is 34.6 Å². The number of benzene rings is 1. The Morgan fingerprint density at radius 1 is 0.870 bits per heavy atom. The highest BCUT2D eigenvalue weighted by atomic mass is 16.5. The Bertz CT molecular complexity index is 587. The lowest BCUT2D eigenvalue weighted by atomic mass is 9.93. The minimum atomic E-state index is -0.365. The van der Waals surface area contributed by atoms with Crippen molar-refractivity contribution in [1.29, 1.82) is 0 Å². The molecule has 0 aromatic heterocycles. The molecule has 1 rings (SSSR count). The fraction of sp³-hybridized carbons (Fsp3) is 0.368. The van der Waals surface area contributed by atoms with E-state index in [0.717, 1.165) is 27.8 Å². The van der Waals surface area contributed by atoms with E-state index >= 15 is 0 Å². The third-order valence-corrected chi connectivity index (χ3v) is 3.44. The summed E-state index contributed by atoms with van der Waals surface area (Å²) in [7, 11) is 0. The van der Waals surface area contributed by atoms with Gasteiger partial charge in [-0.15, -0.1) is 0 Å². The predicted molar refractivity (Wildman–Crippen MR) is 92.0 cm³/mol. The summed E-state index contributed by atoms with van der Waals surface area (Å²) in [6, 6.07) is 2.03. The van der Waals surface area contributed by atoms with Crippen molar-refractivity contribution in [2.75, 3.05) is 13.2 Å². The van der Waals surface area contributed by atoms with Gasteiger partial charge >= 0.3 is 11.9 Å². The van der Waals surface area contributed by atoms with E-state index in [1.165, 1.54) is 12.2 Å². The molecule has 0 spiro atoms. The number of carbonyl (C=O) groups is 2. The first-order valence-electron chi connectivity index (χ1n) is 7.71. The molecule has 0 N–H and O–H groups in total. The number of hydrogen-bond acceptors (Lipinski definition) is 4. The minimum absolute atomic E-state index is 0.350. The SMILES string of the molecule is CCOC(=O)/C=C\c1c(C)cc(C)c(/C=C/C(=O)OCC)c1C. The maximum atomic E-state index is 11.5. The monoisotopic (exact) mass is 316 g/mol. The van der Waals surface area contributed by atoms with Crippen LogP contribution in [0.5, 0.6) is 0 Å². The molecule has 4 heteroatoms. The first-order valence-corrected chi connectivity index (χ1v) is 7.71. The van der Waals surface area contributed by atoms with E-state index in [-0.39, 0.29) is 11.9 Å². The fourth-order valence-corrected chi connectivity index (χ4v) is 2.41. The van der Waals surface area contributed by atoms with Gasteiger partial charge in [0, 0.05) is 12.2 Å². The standard InChI is InChI=1S/C19H24O4/c1-6-22-18(20)10-8-16-13(3)12-14(4)17(15(16)5)9-11-19(21)23-7-2/h8-12H,6-7H2,1-5H3/b10-8-,11-9+. The molecule has 4 nitrogen and oxygen atoms in total. The van der Waals surface area contributed by atoms with Crippen LogP contribution in [-0.2, 0) is 19.1 Å². The third-order valence-electron chi connectivity index (χ3n) is 3.44. The first-order chi connectivity index (χ1) is 10.9. The number of ether oxygens (including phenoxy) is 2. The Labute approximate surface area is 137 Å². The number of esters is 2. The van der Waals surface area contributed by atoms with Crippen LogP contribution in [0.3, 0.4) is 0 Å². The number of carbonyl (C=O) groups excluding carboxylic acids is 2. The Morgan fingerprint density at radius 2 is 1.26 bits per heavy atom. The van der Waals surface area contributed by atoms with Crippen LogP contribution < -0.4 is 0 Å². The zero-order chi connectivity index (χ0) is 17.4. The highest BCUT2D eigenvalue weighted by Crippen LogP contribution is 2.24. The topological polar surface area (TPSA) is 52.6 Å². The molecule has 0 unspecified atom stereocenters. The van der Waals surface area contributed by atoms with Crippen molar-refractivity contribution in [3.8, 4) is 0 Å². The van der Waals surface area contributed by atoms with Crippen molar-refractivity contribution in [1.82, 2.24) is 0 Å². The molecule has 23 heavy (non-hydrogen) atoms. The minimum Gasteiger partial charge on any atom is -0.463 e. The van der Waals surface area contributed by atoms with E-state index in [2.05, 4.69) is 0 Å². The summed E-state index contributed by atoms with van der Waals surface area (Å²) in [5.74, 6) is -0.731. The summed E-state index contributed by atoms with van der Waals surface area (Å²) >= 11 is 0. The van der Waals surface area contributed by atoms with Crippen LogP contribution in [0.1, 0.15) is 41.7 Å². The van der Waals surface area contributed by atoms with Gasteiger partial charge in [-0.3, -0.25) is 0 Å². The van der Waals surface area contributed by atoms with Gasteiger partial charge in [-0.05, 0) is 74.6 Å². The maximum Gasteiger partial charge on any atom is 0.330 e. The van der Waals surface area contributed by atoms with E-state index in [4.69, 9.17) is 9.47 Å². The van der Waals surface area contributed by atoms with Crippen LogP contribution in [0.2, 0.25) is 0 Å². The predicted octanol–water partition coefficient (Wildman–Crippen LogP) is 3.76. The van der Waals surface area contributed by atoms with Crippen LogP contribution in [0.25, 0.3) is 12.2 Å². The molecule has 0 radical (unpaired) electrons. The summed E-state index contributed by atoms with van der Waals surface area (Å²) in [5, 5.41) is 0. The van der Waals surface area contributed by atoms with E-state index in [9.17, 15) is 9.59 Å². The first kappa shape index (κ1) is 18.7. The highest BCUT2D eigenvalue weighted by Gasteiger charge is 2.08. The average molecular weight is 316 g/mol.